The highest BCUT2D eigenvalue weighted by atomic mass is 35.5. The summed E-state index contributed by atoms with van der Waals surface area (Å²) in [5, 5.41) is 7.95. The number of alkyl halides is 3. The molecule has 0 aromatic heterocycles. The van der Waals surface area contributed by atoms with E-state index in [-0.39, 0.29) is 18.0 Å². The summed E-state index contributed by atoms with van der Waals surface area (Å²) in [6, 6.07) is 16.8. The maximum atomic E-state index is 13.0. The fraction of sp³-hybridized carbons (Fsp3) is 0.160. The van der Waals surface area contributed by atoms with Crippen LogP contribution in [0.2, 0.25) is 10.0 Å². The summed E-state index contributed by atoms with van der Waals surface area (Å²) in [4.78, 5) is 29.5. The molecule has 1 aliphatic rings. The Hall–Kier alpha value is -3.56. The van der Waals surface area contributed by atoms with Crippen molar-refractivity contribution in [3.8, 4) is 0 Å². The molecule has 3 amide bonds. The van der Waals surface area contributed by atoms with E-state index in [0.717, 1.165) is 5.56 Å². The second-order valence-electron chi connectivity index (χ2n) is 7.97. The summed E-state index contributed by atoms with van der Waals surface area (Å²) in [6.45, 7) is -1.45. The zero-order valence-corrected chi connectivity index (χ0v) is 20.0. The molecule has 3 N–H and O–H groups in total. The molecule has 0 saturated heterocycles. The Morgan fingerprint density at radius 2 is 1.75 bits per heavy atom. The molecule has 186 valence electrons. The van der Waals surface area contributed by atoms with Crippen LogP contribution < -0.4 is 16.0 Å². The first-order valence-corrected chi connectivity index (χ1v) is 11.5. The van der Waals surface area contributed by atoms with Crippen LogP contribution in [-0.4, -0.2) is 36.4 Å². The molecule has 3 aromatic rings. The fourth-order valence-electron chi connectivity index (χ4n) is 3.63. The number of hydrogen-bond acceptors (Lipinski definition) is 3. The highest BCUT2D eigenvalue weighted by Gasteiger charge is 2.28. The number of nitrogens with one attached hydrogen (secondary N) is 3. The van der Waals surface area contributed by atoms with Crippen LogP contribution in [0, 0.1) is 0 Å². The first-order chi connectivity index (χ1) is 17.1. The van der Waals surface area contributed by atoms with Gasteiger partial charge in [-0.25, -0.2) is 4.79 Å². The summed E-state index contributed by atoms with van der Waals surface area (Å²) in [7, 11) is 0. The SMILES string of the molecule is O=C(NCC(F)(F)F)Nc1ccc(C2=NC(Cc3ccccc3Cl)C(=O)Nc3ccc(Cl)cc32)cc1. The average Bonchev–Trinajstić information content (AvgIpc) is 2.95. The summed E-state index contributed by atoms with van der Waals surface area (Å²) in [6.07, 6.45) is -4.25. The van der Waals surface area contributed by atoms with Gasteiger partial charge in [-0.2, -0.15) is 13.2 Å². The van der Waals surface area contributed by atoms with Crippen LogP contribution in [0.5, 0.6) is 0 Å². The van der Waals surface area contributed by atoms with E-state index in [9.17, 15) is 22.8 Å². The monoisotopic (exact) mass is 534 g/mol. The Bertz CT molecular complexity index is 1330. The lowest BCUT2D eigenvalue weighted by Gasteiger charge is -2.13. The number of fused-ring (bicyclic) bond motifs is 1. The predicted octanol–water partition coefficient (Wildman–Crippen LogP) is 6.08. The van der Waals surface area contributed by atoms with E-state index in [2.05, 4.69) is 10.6 Å². The van der Waals surface area contributed by atoms with E-state index >= 15 is 0 Å². The molecule has 0 spiro atoms. The smallest absolute Gasteiger partial charge is 0.329 e. The Kier molecular flexibility index (Phi) is 7.51. The normalized spacial score (nSPS) is 15.3. The largest absolute Gasteiger partial charge is 0.405 e. The third-order valence-electron chi connectivity index (χ3n) is 5.32. The van der Waals surface area contributed by atoms with Gasteiger partial charge in [0.05, 0.1) is 11.4 Å². The fourth-order valence-corrected chi connectivity index (χ4v) is 4.01. The van der Waals surface area contributed by atoms with Crippen molar-refractivity contribution >= 4 is 52.2 Å². The maximum absolute atomic E-state index is 13.0. The van der Waals surface area contributed by atoms with Crippen molar-refractivity contribution in [1.82, 2.24) is 5.32 Å². The lowest BCUT2D eigenvalue weighted by atomic mass is 10.00. The summed E-state index contributed by atoms with van der Waals surface area (Å²) < 4.78 is 36.9. The minimum atomic E-state index is -4.51. The molecule has 6 nitrogen and oxygen atoms in total. The van der Waals surface area contributed by atoms with E-state index in [1.807, 2.05) is 12.1 Å². The van der Waals surface area contributed by atoms with E-state index in [4.69, 9.17) is 28.2 Å². The molecule has 1 atom stereocenters. The van der Waals surface area contributed by atoms with Crippen LogP contribution >= 0.6 is 23.2 Å². The molecule has 0 bridgehead atoms. The Labute approximate surface area is 214 Å². The predicted molar refractivity (Wildman–Crippen MR) is 134 cm³/mol. The van der Waals surface area contributed by atoms with Crippen LogP contribution in [0.15, 0.2) is 71.7 Å². The zero-order valence-electron chi connectivity index (χ0n) is 18.5. The highest BCUT2D eigenvalue weighted by Crippen LogP contribution is 2.29. The standard InChI is InChI=1S/C25H19Cl2F3N4O2/c26-16-7-10-20-18(12-16)22(33-21(23(35)34-20)11-15-3-1-2-4-19(15)27)14-5-8-17(9-6-14)32-24(36)31-13-25(28,29)30/h1-10,12,21H,11,13H2,(H,34,35)(H2,31,32,36). The molecule has 4 rings (SSSR count). The van der Waals surface area contributed by atoms with Gasteiger partial charge < -0.3 is 16.0 Å². The van der Waals surface area contributed by atoms with Gasteiger partial charge in [-0.15, -0.1) is 0 Å². The molecule has 1 heterocycles. The molecular formula is C25H19Cl2F3N4O2. The summed E-state index contributed by atoms with van der Waals surface area (Å²) in [5.41, 5.74) is 3.26. The van der Waals surface area contributed by atoms with Gasteiger partial charge in [0.15, 0.2) is 0 Å². The van der Waals surface area contributed by atoms with Gasteiger partial charge in [0.1, 0.15) is 12.6 Å². The molecule has 0 saturated carbocycles. The first-order valence-electron chi connectivity index (χ1n) is 10.7. The van der Waals surface area contributed by atoms with Crippen molar-refractivity contribution < 1.29 is 22.8 Å². The number of anilines is 2. The van der Waals surface area contributed by atoms with Crippen LogP contribution in [0.4, 0.5) is 29.3 Å². The minimum absolute atomic E-state index is 0.260. The van der Waals surface area contributed by atoms with E-state index in [0.29, 0.717) is 32.6 Å². The number of hydrogen-bond donors (Lipinski definition) is 3. The van der Waals surface area contributed by atoms with Crippen LogP contribution in [-0.2, 0) is 11.2 Å². The second kappa shape index (κ2) is 10.6. The third kappa shape index (κ3) is 6.35. The van der Waals surface area contributed by atoms with Gasteiger partial charge in [0.25, 0.3) is 0 Å². The molecule has 11 heteroatoms. The molecule has 36 heavy (non-hydrogen) atoms. The Balaban J connectivity index is 1.65. The van der Waals surface area contributed by atoms with Crippen molar-refractivity contribution in [1.29, 1.82) is 0 Å². The van der Waals surface area contributed by atoms with Gasteiger partial charge in [-0.05, 0) is 42.0 Å². The first kappa shape index (κ1) is 25.5. The van der Waals surface area contributed by atoms with Gasteiger partial charge in [-0.3, -0.25) is 9.79 Å². The number of halogens is 5. The average molecular weight is 535 g/mol. The third-order valence-corrected chi connectivity index (χ3v) is 5.92. The maximum Gasteiger partial charge on any atom is 0.405 e. The summed E-state index contributed by atoms with van der Waals surface area (Å²) in [5.74, 6) is -0.312. The number of aliphatic imine (C=N–C) groups is 1. The molecule has 1 unspecified atom stereocenters. The molecule has 0 radical (unpaired) electrons. The zero-order chi connectivity index (χ0) is 25.9. The van der Waals surface area contributed by atoms with Gasteiger partial charge in [-0.1, -0.05) is 53.5 Å². The van der Waals surface area contributed by atoms with Gasteiger partial charge >= 0.3 is 12.2 Å². The number of amides is 3. The molecular weight excluding hydrogens is 516 g/mol. The molecule has 3 aromatic carbocycles. The van der Waals surface area contributed by atoms with Crippen molar-refractivity contribution in [2.45, 2.75) is 18.6 Å². The Morgan fingerprint density at radius 1 is 1.03 bits per heavy atom. The minimum Gasteiger partial charge on any atom is -0.329 e. The van der Waals surface area contributed by atoms with Crippen LogP contribution in [0.1, 0.15) is 16.7 Å². The number of benzodiazepines with no additional fused rings is 1. The molecule has 0 fully saturated rings. The van der Waals surface area contributed by atoms with Crippen molar-refractivity contribution in [2.24, 2.45) is 4.99 Å². The lowest BCUT2D eigenvalue weighted by Crippen LogP contribution is -2.36. The van der Waals surface area contributed by atoms with Crippen LogP contribution in [0.25, 0.3) is 0 Å². The van der Waals surface area contributed by atoms with Crippen LogP contribution in [0.3, 0.4) is 0 Å². The number of carbonyl (C=O) groups excluding carboxylic acids is 2. The summed E-state index contributed by atoms with van der Waals surface area (Å²) >= 11 is 12.5. The highest BCUT2D eigenvalue weighted by molar-refractivity contribution is 6.32. The second-order valence-corrected chi connectivity index (χ2v) is 8.81. The molecule has 0 aliphatic carbocycles. The van der Waals surface area contributed by atoms with Crippen molar-refractivity contribution in [2.75, 3.05) is 17.2 Å². The number of rotatable bonds is 5. The number of carbonyl (C=O) groups is 2. The van der Waals surface area contributed by atoms with Crippen molar-refractivity contribution in [3.05, 3.63) is 93.5 Å². The van der Waals surface area contributed by atoms with E-state index < -0.39 is 24.8 Å². The van der Waals surface area contributed by atoms with Crippen molar-refractivity contribution in [3.63, 3.8) is 0 Å². The number of benzene rings is 3. The Morgan fingerprint density at radius 3 is 2.44 bits per heavy atom. The van der Waals surface area contributed by atoms with Gasteiger partial charge in [0, 0.05) is 33.3 Å². The lowest BCUT2D eigenvalue weighted by molar-refractivity contribution is -0.122. The van der Waals surface area contributed by atoms with E-state index in [1.165, 1.54) is 12.1 Å². The quantitative estimate of drug-likeness (QED) is 0.370. The topological polar surface area (TPSA) is 82.6 Å². The van der Waals surface area contributed by atoms with Gasteiger partial charge in [0.2, 0.25) is 5.91 Å². The number of nitrogens with zero attached hydrogens (tertiary/aromatic N) is 1. The van der Waals surface area contributed by atoms with E-state index in [1.54, 1.807) is 47.8 Å². The molecule has 1 aliphatic heterocycles. The number of urea groups is 1.